The first-order valence-electron chi connectivity index (χ1n) is 14.6. The van der Waals surface area contributed by atoms with Crippen LogP contribution in [0.15, 0.2) is 30.3 Å². The Hall–Kier alpha value is -2.82. The van der Waals surface area contributed by atoms with Crippen molar-refractivity contribution in [2.45, 2.75) is 57.3 Å². The Morgan fingerprint density at radius 1 is 1.17 bits per heavy atom. The van der Waals surface area contributed by atoms with E-state index >= 15 is 0 Å². The number of fused-ring (bicyclic) bond motifs is 1. The molecule has 3 heterocycles. The highest BCUT2D eigenvalue weighted by Gasteiger charge is 2.38. The molecule has 224 valence electrons. The fourth-order valence-electron chi connectivity index (χ4n) is 6.38. The Morgan fingerprint density at radius 2 is 1.98 bits per heavy atom. The Morgan fingerprint density at radius 3 is 2.66 bits per heavy atom. The predicted molar refractivity (Wildman–Crippen MR) is 154 cm³/mol. The topological polar surface area (TPSA) is 70.0 Å². The zero-order chi connectivity index (χ0) is 28.9. The lowest BCUT2D eigenvalue weighted by molar-refractivity contribution is 0.0342. The fourth-order valence-corrected chi connectivity index (χ4v) is 6.38. The van der Waals surface area contributed by atoms with Crippen LogP contribution in [0, 0.1) is 11.3 Å². The molecule has 0 spiro atoms. The van der Waals surface area contributed by atoms with E-state index in [-0.39, 0.29) is 31.4 Å². The lowest BCUT2D eigenvalue weighted by atomic mass is 9.82. The third kappa shape index (κ3) is 6.65. The minimum absolute atomic E-state index is 0.105. The van der Waals surface area contributed by atoms with E-state index in [1.54, 1.807) is 7.11 Å². The van der Waals surface area contributed by atoms with Gasteiger partial charge in [-0.3, -0.25) is 14.2 Å². The second-order valence-corrected chi connectivity index (χ2v) is 11.3. The summed E-state index contributed by atoms with van der Waals surface area (Å²) < 4.78 is 58.1. The maximum Gasteiger partial charge on any atom is 0.251 e. The molecule has 3 aliphatic rings. The second kappa shape index (κ2) is 13.4. The number of halogens is 3. The normalized spacial score (nSPS) is 23.6. The highest BCUT2D eigenvalue weighted by molar-refractivity contribution is 5.89. The van der Waals surface area contributed by atoms with Gasteiger partial charge in [0.05, 0.1) is 26.4 Å². The van der Waals surface area contributed by atoms with Crippen molar-refractivity contribution in [3.05, 3.63) is 52.6 Å². The summed E-state index contributed by atoms with van der Waals surface area (Å²) in [5.74, 6) is 1.32. The van der Waals surface area contributed by atoms with E-state index in [1.807, 2.05) is 42.2 Å². The number of likely N-dealkylation sites (tertiary alicyclic amines) is 1. The van der Waals surface area contributed by atoms with Gasteiger partial charge in [0.2, 0.25) is 0 Å². The van der Waals surface area contributed by atoms with Crippen LogP contribution in [0.1, 0.15) is 54.5 Å². The van der Waals surface area contributed by atoms with Crippen molar-refractivity contribution in [1.29, 1.82) is 5.41 Å². The van der Waals surface area contributed by atoms with Crippen LogP contribution in [0.2, 0.25) is 0 Å². The van der Waals surface area contributed by atoms with Gasteiger partial charge in [0.1, 0.15) is 24.3 Å². The zero-order valence-electron chi connectivity index (χ0n) is 23.9. The van der Waals surface area contributed by atoms with Crippen molar-refractivity contribution >= 4 is 11.9 Å². The van der Waals surface area contributed by atoms with E-state index in [4.69, 9.17) is 19.6 Å². The van der Waals surface area contributed by atoms with Crippen LogP contribution >= 0.6 is 0 Å². The maximum atomic E-state index is 13.9. The molecular formula is C31H41F3N4O3. The number of nitrogens with zero attached hydrogens (tertiary/aromatic N) is 2. The zero-order valence-corrected chi connectivity index (χ0v) is 23.9. The molecule has 0 radical (unpaired) electrons. The Balaban J connectivity index is 1.44. The average Bonchev–Trinajstić information content (AvgIpc) is 2.95. The summed E-state index contributed by atoms with van der Waals surface area (Å²) in [6.07, 6.45) is 2.33. The number of methoxy groups -OCH3 is 1. The molecule has 0 aromatic heterocycles. The molecule has 7 nitrogen and oxygen atoms in total. The third-order valence-electron chi connectivity index (χ3n) is 8.50. The average molecular weight is 575 g/mol. The summed E-state index contributed by atoms with van der Waals surface area (Å²) >= 11 is 0. The third-order valence-corrected chi connectivity index (χ3v) is 8.50. The van der Waals surface area contributed by atoms with Gasteiger partial charge in [-0.25, -0.2) is 8.78 Å². The maximum absolute atomic E-state index is 13.9. The van der Waals surface area contributed by atoms with Crippen molar-refractivity contribution in [3.63, 3.8) is 0 Å². The molecule has 2 saturated heterocycles. The number of anilines is 1. The van der Waals surface area contributed by atoms with Gasteiger partial charge in [0.25, 0.3) is 6.43 Å². The molecule has 2 fully saturated rings. The molecule has 5 rings (SSSR count). The Labute approximate surface area is 240 Å². The fraction of sp³-hybridized carbons (Fsp3) is 0.581. The largest absolute Gasteiger partial charge is 0.496 e. The van der Waals surface area contributed by atoms with E-state index in [2.05, 4.69) is 10.2 Å². The molecule has 2 aromatic rings. The summed E-state index contributed by atoms with van der Waals surface area (Å²) in [5, 5.41) is 11.7. The lowest BCUT2D eigenvalue weighted by Crippen LogP contribution is -2.49. The van der Waals surface area contributed by atoms with Crippen molar-refractivity contribution in [2.75, 3.05) is 58.5 Å². The number of benzene rings is 2. The van der Waals surface area contributed by atoms with Crippen LogP contribution in [0.3, 0.4) is 0 Å². The standard InChI is InChI=1S/C31H41F3N4O3/c1-20-13-25-23(8-9-27(26(25)16-35)36-30-5-3-4-11-41-30)31(38(20)19-29(33)34)24-7-6-22(14-28(24)39-2)40-12-10-37-17-21(15-32)18-37/h6-9,14,16,20-21,29-31,35-36H,3-5,10-13,15,17-19H2,1-2H3/t20-,30?,31+/m1/s1. The highest BCUT2D eigenvalue weighted by Crippen LogP contribution is 2.44. The van der Waals surface area contributed by atoms with E-state index in [1.165, 1.54) is 6.21 Å². The van der Waals surface area contributed by atoms with Gasteiger partial charge in [-0.2, -0.15) is 0 Å². The first-order chi connectivity index (χ1) is 19.9. The number of nitrogens with one attached hydrogen (secondary N) is 2. The molecule has 2 N–H and O–H groups in total. The molecule has 0 saturated carbocycles. The molecule has 3 atom stereocenters. The molecule has 2 aromatic carbocycles. The first kappa shape index (κ1) is 29.7. The minimum atomic E-state index is -2.50. The molecule has 41 heavy (non-hydrogen) atoms. The van der Waals surface area contributed by atoms with Gasteiger partial charge in [0.15, 0.2) is 0 Å². The number of rotatable bonds is 12. The molecule has 0 bridgehead atoms. The molecule has 1 unspecified atom stereocenters. The van der Waals surface area contributed by atoms with Gasteiger partial charge in [-0.1, -0.05) is 6.07 Å². The van der Waals surface area contributed by atoms with E-state index in [9.17, 15) is 13.2 Å². The molecule has 3 aliphatic heterocycles. The van der Waals surface area contributed by atoms with Crippen molar-refractivity contribution in [3.8, 4) is 11.5 Å². The van der Waals surface area contributed by atoms with Crippen molar-refractivity contribution < 1.29 is 27.4 Å². The van der Waals surface area contributed by atoms with Gasteiger partial charge in [-0.05, 0) is 61.9 Å². The summed E-state index contributed by atoms with van der Waals surface area (Å²) in [6, 6.07) is 8.82. The van der Waals surface area contributed by atoms with Crippen LogP contribution in [-0.2, 0) is 11.2 Å². The quantitative estimate of drug-likeness (QED) is 0.326. The van der Waals surface area contributed by atoms with Crippen LogP contribution in [0.4, 0.5) is 18.9 Å². The summed E-state index contributed by atoms with van der Waals surface area (Å²) in [7, 11) is 1.57. The van der Waals surface area contributed by atoms with Gasteiger partial charge >= 0.3 is 0 Å². The lowest BCUT2D eigenvalue weighted by Gasteiger charge is -2.43. The number of alkyl halides is 3. The molecular weight excluding hydrogens is 533 g/mol. The number of ether oxygens (including phenoxy) is 3. The van der Waals surface area contributed by atoms with Crippen molar-refractivity contribution in [1.82, 2.24) is 9.80 Å². The summed E-state index contributed by atoms with van der Waals surface area (Å²) in [4.78, 5) is 3.99. The Bertz CT molecular complexity index is 1190. The molecule has 0 aliphatic carbocycles. The van der Waals surface area contributed by atoms with E-state index < -0.39 is 12.5 Å². The van der Waals surface area contributed by atoms with Crippen LogP contribution in [0.5, 0.6) is 11.5 Å². The van der Waals surface area contributed by atoms with Gasteiger partial charge < -0.3 is 24.9 Å². The highest BCUT2D eigenvalue weighted by atomic mass is 19.3. The van der Waals surface area contributed by atoms with Gasteiger partial charge in [0, 0.05) is 67.3 Å². The Kier molecular flexibility index (Phi) is 9.72. The van der Waals surface area contributed by atoms with Crippen LogP contribution in [0.25, 0.3) is 0 Å². The molecule has 10 heteroatoms. The number of hydrogen-bond acceptors (Lipinski definition) is 7. The predicted octanol–water partition coefficient (Wildman–Crippen LogP) is 5.51. The minimum Gasteiger partial charge on any atom is -0.496 e. The second-order valence-electron chi connectivity index (χ2n) is 11.3. The van der Waals surface area contributed by atoms with Crippen LogP contribution in [-0.4, -0.2) is 87.9 Å². The van der Waals surface area contributed by atoms with E-state index in [0.717, 1.165) is 60.3 Å². The van der Waals surface area contributed by atoms with Crippen LogP contribution < -0.4 is 14.8 Å². The summed E-state index contributed by atoms with van der Waals surface area (Å²) in [6.45, 7) is 4.70. The van der Waals surface area contributed by atoms with Crippen molar-refractivity contribution in [2.24, 2.45) is 5.92 Å². The van der Waals surface area contributed by atoms with E-state index in [0.29, 0.717) is 37.7 Å². The SMILES string of the molecule is COc1cc(OCCN2CC(CF)C2)ccc1[C@@H]1c2ccc(NC3CCCCO3)c(C=N)c2C[C@@H](C)N1CC(F)F. The smallest absolute Gasteiger partial charge is 0.251 e. The number of hydrogen-bond donors (Lipinski definition) is 2. The summed E-state index contributed by atoms with van der Waals surface area (Å²) in [5.41, 5.74) is 4.24. The van der Waals surface area contributed by atoms with Gasteiger partial charge in [-0.15, -0.1) is 0 Å². The monoisotopic (exact) mass is 574 g/mol. The molecule has 0 amide bonds. The first-order valence-corrected chi connectivity index (χ1v) is 14.6.